The zero-order chi connectivity index (χ0) is 21.0. The second kappa shape index (κ2) is 8.94. The molecule has 3 rings (SSSR count). The van der Waals surface area contributed by atoms with E-state index >= 15 is 0 Å². The number of alkyl carbamates (subject to hydrolysis) is 1. The van der Waals surface area contributed by atoms with E-state index in [0.29, 0.717) is 23.6 Å². The molecule has 2 aromatic heterocycles. The molecule has 0 aromatic carbocycles. The number of hydrogen-bond donors (Lipinski definition) is 1. The topological polar surface area (TPSA) is 99.0 Å². The van der Waals surface area contributed by atoms with Gasteiger partial charge in [-0.25, -0.2) is 9.78 Å². The molecule has 8 nitrogen and oxygen atoms in total. The molecule has 0 radical (unpaired) electrons. The summed E-state index contributed by atoms with van der Waals surface area (Å²) in [5.74, 6) is -0.400. The van der Waals surface area contributed by atoms with E-state index < -0.39 is 17.7 Å². The van der Waals surface area contributed by atoms with Crippen molar-refractivity contribution in [2.45, 2.75) is 71.5 Å². The van der Waals surface area contributed by atoms with Crippen molar-refractivity contribution in [2.75, 3.05) is 6.54 Å². The lowest BCUT2D eigenvalue weighted by Crippen LogP contribution is -2.33. The predicted octanol–water partition coefficient (Wildman–Crippen LogP) is 2.98. The summed E-state index contributed by atoms with van der Waals surface area (Å²) >= 11 is 1.54. The van der Waals surface area contributed by atoms with Crippen LogP contribution in [0, 0.1) is 0 Å². The van der Waals surface area contributed by atoms with Gasteiger partial charge in [0.2, 0.25) is 0 Å². The van der Waals surface area contributed by atoms with Crippen LogP contribution in [0.25, 0.3) is 4.96 Å². The molecule has 0 saturated heterocycles. The Hall–Kier alpha value is -2.42. The molecule has 1 amide bonds. The average Bonchev–Trinajstić information content (AvgIpc) is 3.01. The Labute approximate surface area is 173 Å². The lowest BCUT2D eigenvalue weighted by molar-refractivity contribution is -0.145. The summed E-state index contributed by atoms with van der Waals surface area (Å²) in [6.45, 7) is 5.63. The highest BCUT2D eigenvalue weighted by Gasteiger charge is 2.19. The van der Waals surface area contributed by atoms with Gasteiger partial charge in [0.05, 0.1) is 5.69 Å². The van der Waals surface area contributed by atoms with Gasteiger partial charge >= 0.3 is 12.1 Å². The third kappa shape index (κ3) is 5.79. The van der Waals surface area contributed by atoms with E-state index in [1.54, 1.807) is 36.5 Å². The highest BCUT2D eigenvalue weighted by atomic mass is 32.1. The van der Waals surface area contributed by atoms with Gasteiger partial charge < -0.3 is 14.8 Å². The van der Waals surface area contributed by atoms with Crippen molar-refractivity contribution >= 4 is 28.4 Å². The number of aryl methyl sites for hydroxylation is 2. The minimum atomic E-state index is -0.558. The van der Waals surface area contributed by atoms with E-state index in [-0.39, 0.29) is 18.6 Å². The predicted molar refractivity (Wildman–Crippen MR) is 109 cm³/mol. The number of rotatable bonds is 6. The fraction of sp³-hybridized carbons (Fsp3) is 0.600. The summed E-state index contributed by atoms with van der Waals surface area (Å²) in [7, 11) is 0. The number of thiazole rings is 1. The Bertz CT molecular complexity index is 957. The van der Waals surface area contributed by atoms with E-state index in [9.17, 15) is 14.4 Å². The van der Waals surface area contributed by atoms with Gasteiger partial charge in [0.1, 0.15) is 12.2 Å². The molecule has 1 aliphatic rings. The minimum Gasteiger partial charge on any atom is -0.459 e. The Morgan fingerprint density at radius 3 is 2.79 bits per heavy atom. The summed E-state index contributed by atoms with van der Waals surface area (Å²) in [5, 5.41) is 2.60. The first-order valence-corrected chi connectivity index (χ1v) is 10.7. The molecule has 2 heterocycles. The van der Waals surface area contributed by atoms with Crippen LogP contribution >= 0.6 is 11.3 Å². The van der Waals surface area contributed by atoms with E-state index in [2.05, 4.69) is 10.3 Å². The summed E-state index contributed by atoms with van der Waals surface area (Å²) < 4.78 is 12.0. The van der Waals surface area contributed by atoms with Crippen LogP contribution in [0.1, 0.15) is 62.7 Å². The van der Waals surface area contributed by atoms with Crippen LogP contribution in [-0.2, 0) is 33.7 Å². The second-order valence-corrected chi connectivity index (χ2v) is 9.14. The maximum atomic E-state index is 12.5. The third-order valence-electron chi connectivity index (χ3n) is 4.42. The third-order valence-corrected chi connectivity index (χ3v) is 5.56. The SMILES string of the molecule is CC(C)(C)OC(=O)NCCCC(=O)OCc1cc(=O)n2c3c(sc2n1)CCCC3. The zero-order valence-electron chi connectivity index (χ0n) is 17.1. The lowest BCUT2D eigenvalue weighted by Gasteiger charge is -2.19. The monoisotopic (exact) mass is 421 g/mol. The van der Waals surface area contributed by atoms with Crippen molar-refractivity contribution in [2.24, 2.45) is 0 Å². The number of ether oxygens (including phenoxy) is 2. The molecule has 1 N–H and O–H groups in total. The Balaban J connectivity index is 1.47. The highest BCUT2D eigenvalue weighted by molar-refractivity contribution is 7.17. The van der Waals surface area contributed by atoms with Crippen LogP contribution in [0.4, 0.5) is 4.79 Å². The zero-order valence-corrected chi connectivity index (χ0v) is 17.9. The van der Waals surface area contributed by atoms with Crippen LogP contribution < -0.4 is 10.9 Å². The molecule has 2 aromatic rings. The molecule has 0 saturated carbocycles. The molecule has 0 bridgehead atoms. The fourth-order valence-corrected chi connectivity index (χ4v) is 4.41. The van der Waals surface area contributed by atoms with Crippen LogP contribution in [0.2, 0.25) is 0 Å². The van der Waals surface area contributed by atoms with E-state index in [1.807, 2.05) is 0 Å². The van der Waals surface area contributed by atoms with Crippen molar-refractivity contribution in [3.05, 3.63) is 32.7 Å². The van der Waals surface area contributed by atoms with Gasteiger partial charge in [0, 0.05) is 29.6 Å². The number of amides is 1. The minimum absolute atomic E-state index is 0.0351. The van der Waals surface area contributed by atoms with Gasteiger partial charge in [-0.2, -0.15) is 0 Å². The van der Waals surface area contributed by atoms with E-state index in [4.69, 9.17) is 9.47 Å². The van der Waals surface area contributed by atoms with E-state index in [0.717, 1.165) is 31.4 Å². The van der Waals surface area contributed by atoms with Gasteiger partial charge in [-0.3, -0.25) is 14.0 Å². The van der Waals surface area contributed by atoms with Crippen molar-refractivity contribution in [1.29, 1.82) is 0 Å². The Morgan fingerprint density at radius 2 is 2.03 bits per heavy atom. The van der Waals surface area contributed by atoms with Crippen LogP contribution in [0.15, 0.2) is 10.9 Å². The largest absolute Gasteiger partial charge is 0.459 e. The summed E-state index contributed by atoms with van der Waals surface area (Å²) in [6.07, 6.45) is 4.21. The number of carbonyl (C=O) groups excluding carboxylic acids is 2. The highest BCUT2D eigenvalue weighted by Crippen LogP contribution is 2.28. The molecule has 1 aliphatic carbocycles. The summed E-state index contributed by atoms with van der Waals surface area (Å²) in [5.41, 5.74) is 0.850. The summed E-state index contributed by atoms with van der Waals surface area (Å²) in [6, 6.07) is 1.44. The molecule has 9 heteroatoms. The van der Waals surface area contributed by atoms with Gasteiger partial charge in [-0.15, -0.1) is 11.3 Å². The number of carbonyl (C=O) groups is 2. The maximum absolute atomic E-state index is 12.5. The number of fused-ring (bicyclic) bond motifs is 3. The number of aromatic nitrogens is 2. The lowest BCUT2D eigenvalue weighted by atomic mass is 10.0. The molecule has 0 spiro atoms. The fourth-order valence-electron chi connectivity index (χ4n) is 3.18. The molecular weight excluding hydrogens is 394 g/mol. The Morgan fingerprint density at radius 1 is 1.28 bits per heavy atom. The van der Waals surface area contributed by atoms with Gasteiger partial charge in [-0.1, -0.05) is 0 Å². The molecule has 0 atom stereocenters. The first-order valence-electron chi connectivity index (χ1n) is 9.88. The molecule has 0 unspecified atom stereocenters. The van der Waals surface area contributed by atoms with Gasteiger partial charge in [0.15, 0.2) is 4.96 Å². The summed E-state index contributed by atoms with van der Waals surface area (Å²) in [4.78, 5) is 42.3. The number of nitrogens with one attached hydrogen (secondary N) is 1. The van der Waals surface area contributed by atoms with Gasteiger partial charge in [-0.05, 0) is 52.9 Å². The molecule has 0 aliphatic heterocycles. The van der Waals surface area contributed by atoms with Crippen LogP contribution in [0.5, 0.6) is 0 Å². The van der Waals surface area contributed by atoms with E-state index in [1.165, 1.54) is 10.9 Å². The normalized spacial score (nSPS) is 13.8. The smallest absolute Gasteiger partial charge is 0.407 e. The number of esters is 1. The molecule has 29 heavy (non-hydrogen) atoms. The quantitative estimate of drug-likeness (QED) is 0.569. The second-order valence-electron chi connectivity index (χ2n) is 8.08. The number of nitrogens with zero attached hydrogens (tertiary/aromatic N) is 2. The standard InChI is InChI=1S/C20H27N3O5S/c1-20(2,3)28-19(26)21-10-6-9-17(25)27-12-13-11-16(24)23-14-7-4-5-8-15(14)29-18(23)22-13/h11H,4-10,12H2,1-3H3,(H,21,26). The Kier molecular flexibility index (Phi) is 6.56. The molecular formula is C20H27N3O5S. The average molecular weight is 422 g/mol. The van der Waals surface area contributed by atoms with Crippen LogP contribution in [-0.4, -0.2) is 33.6 Å². The number of hydrogen-bond acceptors (Lipinski definition) is 7. The maximum Gasteiger partial charge on any atom is 0.407 e. The first-order chi connectivity index (χ1) is 13.7. The van der Waals surface area contributed by atoms with Crippen molar-refractivity contribution in [3.8, 4) is 0 Å². The van der Waals surface area contributed by atoms with Crippen molar-refractivity contribution in [1.82, 2.24) is 14.7 Å². The molecule has 0 fully saturated rings. The van der Waals surface area contributed by atoms with Crippen molar-refractivity contribution in [3.63, 3.8) is 0 Å². The molecule has 158 valence electrons. The van der Waals surface area contributed by atoms with Gasteiger partial charge in [0.25, 0.3) is 5.56 Å². The van der Waals surface area contributed by atoms with Crippen molar-refractivity contribution < 1.29 is 19.1 Å². The first kappa shape index (κ1) is 21.3. The van der Waals surface area contributed by atoms with Crippen LogP contribution in [0.3, 0.4) is 0 Å².